The number of unbranched alkanes of at least 4 members (excludes halogenated alkanes) is 15. The molecule has 0 aliphatic carbocycles. The molecule has 0 amide bonds. The lowest BCUT2D eigenvalue weighted by atomic mass is 9.81. The van der Waals surface area contributed by atoms with Crippen LogP contribution < -0.4 is 62.5 Å². The van der Waals surface area contributed by atoms with Crippen molar-refractivity contribution in [2.24, 2.45) is 0 Å². The second-order valence-corrected chi connectivity index (χ2v) is 46.5. The molecule has 128 heavy (non-hydrogen) atoms. The van der Waals surface area contributed by atoms with Crippen LogP contribution in [0.3, 0.4) is 0 Å². The SMILES string of the molecule is CC1(C)CC(OC(=O)CCCCCCCCC(=O)OC2CC(C)(C)[NH2+]C(C)(C)C2)CC(C)(C)[NH2+]1.CC1(C)CC(OC(=O)CCCCCCCCC(=O)OC2CC(C)(C)[NH2+]C(C)(C)C2)CC(C)(C)[NH2+]1.CC1(C)CC(OC(=O)CCCCCCCCC(=O)OC2CC(C)(C)[NH2+]C(C)(C)C2)CC(C)(C)[NH2+]1.O=C([O-])CC(O)(CC(=O)[O-])C(=O)[O-].O=C([O-])CC(O)(CC(=O)[O-])C(=O)[O-]. The highest BCUT2D eigenvalue weighted by Crippen LogP contribution is 2.32. The number of hydrogen-bond acceptors (Lipinski definition) is 26. The van der Waals surface area contributed by atoms with Crippen LogP contribution in [0.15, 0.2) is 0 Å². The Balaban J connectivity index is 0.000000570. The summed E-state index contributed by atoms with van der Waals surface area (Å²) in [6.45, 7) is 53.4. The van der Waals surface area contributed by atoms with Crippen molar-refractivity contribution < 1.29 is 159 Å². The number of carbonyl (C=O) groups excluding carboxylic acids is 12. The number of nitrogens with two attached hydrogens (primary N) is 6. The summed E-state index contributed by atoms with van der Waals surface area (Å²) >= 11 is 0. The highest BCUT2D eigenvalue weighted by atomic mass is 16.6. The van der Waals surface area contributed by atoms with E-state index in [1.807, 2.05) is 0 Å². The summed E-state index contributed by atoms with van der Waals surface area (Å²) in [5.41, 5.74) is -4.60. The van der Waals surface area contributed by atoms with E-state index in [1.54, 1.807) is 0 Å². The normalized spacial score (nSPS) is 21.2. The van der Waals surface area contributed by atoms with E-state index in [0.717, 1.165) is 193 Å². The van der Waals surface area contributed by atoms with Crippen LogP contribution in [0.4, 0.5) is 0 Å². The predicted molar refractivity (Wildman–Crippen MR) is 464 cm³/mol. The van der Waals surface area contributed by atoms with Crippen LogP contribution >= 0.6 is 0 Å². The molecule has 14 N–H and O–H groups in total. The lowest BCUT2D eigenvalue weighted by Crippen LogP contribution is -3.06. The molecule has 6 aliphatic heterocycles. The zero-order valence-corrected chi connectivity index (χ0v) is 82.9. The van der Waals surface area contributed by atoms with Crippen LogP contribution in [0.25, 0.3) is 0 Å². The number of esters is 6. The Hall–Kier alpha value is -6.68. The van der Waals surface area contributed by atoms with Gasteiger partial charge in [0.2, 0.25) is 0 Å². The summed E-state index contributed by atoms with van der Waals surface area (Å²) in [5, 5.41) is 92.3. The van der Waals surface area contributed by atoms with E-state index in [4.69, 9.17) is 38.6 Å². The van der Waals surface area contributed by atoms with Gasteiger partial charge in [0.1, 0.15) is 47.8 Å². The van der Waals surface area contributed by atoms with Crippen molar-refractivity contribution in [2.75, 3.05) is 0 Å². The first-order chi connectivity index (χ1) is 58.2. The molecule has 0 bridgehead atoms. The lowest BCUT2D eigenvalue weighted by molar-refractivity contribution is -0.790. The van der Waals surface area contributed by atoms with Crippen molar-refractivity contribution in [1.82, 2.24) is 0 Å². The smallest absolute Gasteiger partial charge is 0.306 e. The molecule has 0 unspecified atom stereocenters. The maximum absolute atomic E-state index is 12.3. The Morgan fingerprint density at radius 3 is 0.414 bits per heavy atom. The van der Waals surface area contributed by atoms with E-state index in [0.29, 0.717) is 38.5 Å². The molecular formula is C96H172N6O26. The van der Waals surface area contributed by atoms with E-state index < -0.39 is 72.7 Å². The minimum Gasteiger partial charge on any atom is -0.550 e. The van der Waals surface area contributed by atoms with E-state index in [9.17, 15) is 88.2 Å². The molecule has 32 nitrogen and oxygen atoms in total. The molecule has 6 heterocycles. The Labute approximate surface area is 764 Å². The summed E-state index contributed by atoms with van der Waals surface area (Å²) in [6, 6.07) is 0. The average molecular weight is 1830 g/mol. The first kappa shape index (κ1) is 117. The predicted octanol–water partition coefficient (Wildman–Crippen LogP) is 0.774. The number of rotatable bonds is 43. The fraction of sp³-hybridized carbons (Fsp3) is 0.875. The van der Waals surface area contributed by atoms with Crippen molar-refractivity contribution in [3.8, 4) is 0 Å². The first-order valence-corrected chi connectivity index (χ1v) is 47.3. The van der Waals surface area contributed by atoms with Gasteiger partial charge in [0.15, 0.2) is 0 Å². The quantitative estimate of drug-likeness (QED) is 0.0237. The molecule has 0 spiro atoms. The van der Waals surface area contributed by atoms with Crippen LogP contribution in [0.2, 0.25) is 0 Å². The molecule has 6 saturated heterocycles. The maximum Gasteiger partial charge on any atom is 0.306 e. The summed E-state index contributed by atoms with van der Waals surface area (Å²) < 4.78 is 34.9. The molecule has 6 aliphatic rings. The summed E-state index contributed by atoms with van der Waals surface area (Å²) in [4.78, 5) is 134. The van der Waals surface area contributed by atoms with Gasteiger partial charge in [0, 0.05) is 165 Å². The summed E-state index contributed by atoms with van der Waals surface area (Å²) in [6.07, 6.45) is 27.0. The number of ether oxygens (including phenoxy) is 6. The molecule has 6 rings (SSSR count). The minimum absolute atomic E-state index is 0.0335. The number of carboxylic acid groups (broad SMARTS) is 6. The third-order valence-corrected chi connectivity index (χ3v) is 24.1. The molecule has 0 aromatic heterocycles. The van der Waals surface area contributed by atoms with Crippen LogP contribution in [0.5, 0.6) is 0 Å². The highest BCUT2D eigenvalue weighted by Gasteiger charge is 2.49. The largest absolute Gasteiger partial charge is 0.550 e. The number of aliphatic carboxylic acids is 6. The first-order valence-electron chi connectivity index (χ1n) is 47.3. The molecule has 6 fully saturated rings. The van der Waals surface area contributed by atoms with Crippen LogP contribution in [0.1, 0.15) is 423 Å². The number of hydrogen-bond donors (Lipinski definition) is 8. The van der Waals surface area contributed by atoms with Crippen molar-refractivity contribution in [3.63, 3.8) is 0 Å². The van der Waals surface area contributed by atoms with Gasteiger partial charge in [0.25, 0.3) is 0 Å². The standard InChI is InChI=1S/3C28H52N2O4.2C6H8O7/c3*1-25(2)17-21(18-26(3,4)29-25)33-23(31)15-13-11-9-10-12-14-16-24(32)34-22-19-27(5,6)30-28(7,8)20-22;2*7-3(8)1-6(13,5(11)12)2-4(9)10/h3*21-22,29-30H,9-20H2,1-8H3;2*13H,1-2H2,(H,7,8)(H,9,10)(H,11,12). The molecule has 32 heteroatoms. The Kier molecular flexibility index (Phi) is 46.7. The number of carboxylic acids is 6. The van der Waals surface area contributed by atoms with Gasteiger partial charge in [-0.15, -0.1) is 0 Å². The van der Waals surface area contributed by atoms with E-state index in [-0.39, 0.29) is 139 Å². The van der Waals surface area contributed by atoms with Crippen LogP contribution in [0, 0.1) is 0 Å². The van der Waals surface area contributed by atoms with Gasteiger partial charge in [-0.1, -0.05) is 77.0 Å². The molecular weight excluding hydrogens is 1650 g/mol. The van der Waals surface area contributed by atoms with Gasteiger partial charge >= 0.3 is 35.8 Å². The van der Waals surface area contributed by atoms with E-state index >= 15 is 0 Å². The van der Waals surface area contributed by atoms with E-state index in [2.05, 4.69) is 198 Å². The Bertz CT molecular complexity index is 2930. The third kappa shape index (κ3) is 52.5. The lowest BCUT2D eigenvalue weighted by Gasteiger charge is -2.42. The second kappa shape index (κ2) is 51.0. The molecule has 0 radical (unpaired) electrons. The van der Waals surface area contributed by atoms with E-state index in [1.165, 1.54) is 0 Å². The van der Waals surface area contributed by atoms with Gasteiger partial charge < -0.3 is 130 Å². The second-order valence-electron chi connectivity index (χ2n) is 46.5. The fourth-order valence-electron chi connectivity index (χ4n) is 21.6. The minimum atomic E-state index is -2.97. The van der Waals surface area contributed by atoms with Gasteiger partial charge in [-0.25, -0.2) is 0 Å². The Morgan fingerprint density at radius 2 is 0.320 bits per heavy atom. The Morgan fingerprint density at radius 1 is 0.219 bits per heavy atom. The molecule has 0 atom stereocenters. The monoisotopic (exact) mass is 1830 g/mol. The number of quaternary nitrogens is 6. The molecule has 742 valence electrons. The molecule has 0 saturated carbocycles. The third-order valence-electron chi connectivity index (χ3n) is 24.1. The van der Waals surface area contributed by atoms with Gasteiger partial charge in [-0.3, -0.25) is 28.8 Å². The van der Waals surface area contributed by atoms with Crippen molar-refractivity contribution >= 4 is 71.6 Å². The van der Waals surface area contributed by atoms with Crippen molar-refractivity contribution in [1.29, 1.82) is 0 Å². The zero-order chi connectivity index (χ0) is 98.2. The van der Waals surface area contributed by atoms with Gasteiger partial charge in [-0.05, 0) is 205 Å². The number of aliphatic hydroxyl groups is 2. The van der Waals surface area contributed by atoms with Crippen LogP contribution in [-0.4, -0.2) is 196 Å². The summed E-state index contributed by atoms with van der Waals surface area (Å²) in [7, 11) is 0. The zero-order valence-electron chi connectivity index (χ0n) is 82.9. The van der Waals surface area contributed by atoms with Gasteiger partial charge in [0.05, 0.1) is 78.4 Å². The van der Waals surface area contributed by atoms with Crippen LogP contribution in [-0.2, 0) is 86.0 Å². The van der Waals surface area contributed by atoms with Crippen molar-refractivity contribution in [2.45, 2.75) is 537 Å². The number of carbonyl (C=O) groups is 12. The van der Waals surface area contributed by atoms with Gasteiger partial charge in [-0.2, -0.15) is 0 Å². The fourth-order valence-corrected chi connectivity index (χ4v) is 21.6. The average Bonchev–Trinajstić information content (AvgIpc) is 0.824. The van der Waals surface area contributed by atoms with Crippen molar-refractivity contribution in [3.05, 3.63) is 0 Å². The number of piperidine rings is 6. The highest BCUT2D eigenvalue weighted by molar-refractivity contribution is 5.87. The summed E-state index contributed by atoms with van der Waals surface area (Å²) in [5.74, 6) is -12.3. The molecule has 0 aromatic carbocycles. The molecule has 0 aromatic rings. The topological polar surface area (TPSA) is 539 Å². The maximum atomic E-state index is 12.3.